The molecule has 1 aromatic heterocycles. The van der Waals surface area contributed by atoms with Gasteiger partial charge in [-0.15, -0.1) is 0 Å². The predicted molar refractivity (Wildman–Crippen MR) is 72.5 cm³/mol. The van der Waals surface area contributed by atoms with Crippen LogP contribution in [0.1, 0.15) is 24.3 Å². The second kappa shape index (κ2) is 6.17. The van der Waals surface area contributed by atoms with Crippen LogP contribution < -0.4 is 10.1 Å². The van der Waals surface area contributed by atoms with Crippen LogP contribution >= 0.6 is 0 Å². The van der Waals surface area contributed by atoms with Crippen molar-refractivity contribution < 1.29 is 4.74 Å². The number of benzene rings is 1. The first kappa shape index (κ1) is 12.6. The Labute approximate surface area is 108 Å². The van der Waals surface area contributed by atoms with Crippen LogP contribution in [0.5, 0.6) is 5.75 Å². The van der Waals surface area contributed by atoms with Gasteiger partial charge in [0.2, 0.25) is 0 Å². The molecule has 0 fully saturated rings. The molecular weight excluding hydrogens is 224 g/mol. The van der Waals surface area contributed by atoms with Gasteiger partial charge < -0.3 is 10.1 Å². The Hall–Kier alpha value is -1.87. The first-order valence-corrected chi connectivity index (χ1v) is 6.10. The minimum absolute atomic E-state index is 0.0307. The zero-order valence-electron chi connectivity index (χ0n) is 10.8. The molecule has 1 aromatic carbocycles. The quantitative estimate of drug-likeness (QED) is 0.875. The molecule has 0 aliphatic heterocycles. The van der Waals surface area contributed by atoms with Crippen molar-refractivity contribution in [3.63, 3.8) is 0 Å². The number of pyridine rings is 1. The first-order valence-electron chi connectivity index (χ1n) is 6.10. The fourth-order valence-electron chi connectivity index (χ4n) is 1.76. The summed E-state index contributed by atoms with van der Waals surface area (Å²) < 4.78 is 5.85. The van der Waals surface area contributed by atoms with Crippen molar-refractivity contribution in [2.24, 2.45) is 0 Å². The lowest BCUT2D eigenvalue weighted by Gasteiger charge is -2.14. The molecule has 94 valence electrons. The van der Waals surface area contributed by atoms with E-state index in [2.05, 4.69) is 22.4 Å². The van der Waals surface area contributed by atoms with Gasteiger partial charge in [-0.05, 0) is 31.7 Å². The van der Waals surface area contributed by atoms with E-state index in [9.17, 15) is 0 Å². The van der Waals surface area contributed by atoms with E-state index in [-0.39, 0.29) is 6.10 Å². The summed E-state index contributed by atoms with van der Waals surface area (Å²) in [5, 5.41) is 3.07. The standard InChI is InChI=1S/C15H18N2O/c1-12(13-6-4-3-5-7-13)18-15-9-8-14(10-16-2)17-11-15/h3-9,11-12,16H,10H2,1-2H3. The highest BCUT2D eigenvalue weighted by Gasteiger charge is 2.06. The number of ether oxygens (including phenoxy) is 1. The largest absolute Gasteiger partial charge is 0.484 e. The molecule has 1 atom stereocenters. The van der Waals surface area contributed by atoms with Gasteiger partial charge in [0, 0.05) is 6.54 Å². The summed E-state index contributed by atoms with van der Waals surface area (Å²) in [5.41, 5.74) is 2.18. The third-order valence-electron chi connectivity index (χ3n) is 2.74. The van der Waals surface area contributed by atoms with Gasteiger partial charge in [-0.3, -0.25) is 4.98 Å². The van der Waals surface area contributed by atoms with Crippen molar-refractivity contribution in [3.05, 3.63) is 59.9 Å². The molecular formula is C15H18N2O. The Balaban J connectivity index is 2.01. The number of hydrogen-bond acceptors (Lipinski definition) is 3. The topological polar surface area (TPSA) is 34.1 Å². The van der Waals surface area contributed by atoms with Gasteiger partial charge in [0.15, 0.2) is 0 Å². The van der Waals surface area contributed by atoms with Gasteiger partial charge in [-0.1, -0.05) is 30.3 Å². The Kier molecular flexibility index (Phi) is 4.31. The Morgan fingerprint density at radius 1 is 1.17 bits per heavy atom. The van der Waals surface area contributed by atoms with Crippen LogP contribution in [-0.4, -0.2) is 12.0 Å². The lowest BCUT2D eigenvalue weighted by atomic mass is 10.1. The van der Waals surface area contributed by atoms with Crippen LogP contribution in [-0.2, 0) is 6.54 Å². The van der Waals surface area contributed by atoms with Crippen molar-refractivity contribution in [2.45, 2.75) is 19.6 Å². The summed E-state index contributed by atoms with van der Waals surface area (Å²) in [6.45, 7) is 2.81. The maximum absolute atomic E-state index is 5.85. The van der Waals surface area contributed by atoms with E-state index in [1.807, 2.05) is 44.3 Å². The van der Waals surface area contributed by atoms with Crippen LogP contribution in [0.25, 0.3) is 0 Å². The maximum atomic E-state index is 5.85. The van der Waals surface area contributed by atoms with Gasteiger partial charge in [-0.25, -0.2) is 0 Å². The van der Waals surface area contributed by atoms with Crippen LogP contribution in [0.15, 0.2) is 48.7 Å². The highest BCUT2D eigenvalue weighted by Crippen LogP contribution is 2.20. The summed E-state index contributed by atoms with van der Waals surface area (Å²) in [6.07, 6.45) is 1.80. The van der Waals surface area contributed by atoms with Gasteiger partial charge in [0.05, 0.1) is 11.9 Å². The van der Waals surface area contributed by atoms with E-state index in [1.165, 1.54) is 0 Å². The summed E-state index contributed by atoms with van der Waals surface area (Å²) >= 11 is 0. The van der Waals surface area contributed by atoms with Crippen LogP contribution in [0, 0.1) is 0 Å². The molecule has 0 saturated carbocycles. The van der Waals surface area contributed by atoms with Crippen molar-refractivity contribution in [3.8, 4) is 5.75 Å². The third kappa shape index (κ3) is 3.31. The number of aromatic nitrogens is 1. The van der Waals surface area contributed by atoms with E-state index >= 15 is 0 Å². The van der Waals surface area contributed by atoms with E-state index in [4.69, 9.17) is 4.74 Å². The number of hydrogen-bond donors (Lipinski definition) is 1. The van der Waals surface area contributed by atoms with E-state index in [1.54, 1.807) is 6.20 Å². The number of nitrogens with one attached hydrogen (secondary N) is 1. The van der Waals surface area contributed by atoms with Gasteiger partial charge in [0.1, 0.15) is 11.9 Å². The summed E-state index contributed by atoms with van der Waals surface area (Å²) in [6, 6.07) is 14.1. The fraction of sp³-hybridized carbons (Fsp3) is 0.267. The van der Waals surface area contributed by atoms with Gasteiger partial charge >= 0.3 is 0 Å². The molecule has 3 heteroatoms. The smallest absolute Gasteiger partial charge is 0.138 e. The average Bonchev–Trinajstić information content (AvgIpc) is 2.42. The maximum Gasteiger partial charge on any atom is 0.138 e. The highest BCUT2D eigenvalue weighted by molar-refractivity contribution is 5.23. The normalized spacial score (nSPS) is 12.1. The van der Waals surface area contributed by atoms with Crippen molar-refractivity contribution in [1.82, 2.24) is 10.3 Å². The lowest BCUT2D eigenvalue weighted by molar-refractivity contribution is 0.226. The predicted octanol–water partition coefficient (Wildman–Crippen LogP) is 2.94. The second-order valence-corrected chi connectivity index (χ2v) is 4.19. The average molecular weight is 242 g/mol. The fourth-order valence-corrected chi connectivity index (χ4v) is 1.76. The van der Waals surface area contributed by atoms with Gasteiger partial charge in [0.25, 0.3) is 0 Å². The SMILES string of the molecule is CNCc1ccc(OC(C)c2ccccc2)cn1. The van der Waals surface area contributed by atoms with Crippen molar-refractivity contribution >= 4 is 0 Å². The lowest BCUT2D eigenvalue weighted by Crippen LogP contribution is -2.07. The Morgan fingerprint density at radius 2 is 1.94 bits per heavy atom. The molecule has 0 aliphatic carbocycles. The zero-order valence-corrected chi connectivity index (χ0v) is 10.8. The van der Waals surface area contributed by atoms with E-state index < -0.39 is 0 Å². The Morgan fingerprint density at radius 3 is 2.56 bits per heavy atom. The minimum atomic E-state index is 0.0307. The summed E-state index contributed by atoms with van der Waals surface area (Å²) in [7, 11) is 1.91. The monoisotopic (exact) mass is 242 g/mol. The van der Waals surface area contributed by atoms with E-state index in [0.717, 1.165) is 23.6 Å². The first-order chi connectivity index (χ1) is 8.79. The molecule has 0 saturated heterocycles. The molecule has 0 bridgehead atoms. The molecule has 3 nitrogen and oxygen atoms in total. The van der Waals surface area contributed by atoms with Crippen LogP contribution in [0.4, 0.5) is 0 Å². The molecule has 0 radical (unpaired) electrons. The van der Waals surface area contributed by atoms with Crippen molar-refractivity contribution in [1.29, 1.82) is 0 Å². The molecule has 1 unspecified atom stereocenters. The molecule has 18 heavy (non-hydrogen) atoms. The molecule has 2 aromatic rings. The van der Waals surface area contributed by atoms with Crippen molar-refractivity contribution in [2.75, 3.05) is 7.05 Å². The van der Waals surface area contributed by atoms with Crippen LogP contribution in [0.2, 0.25) is 0 Å². The zero-order chi connectivity index (χ0) is 12.8. The molecule has 0 amide bonds. The molecule has 1 heterocycles. The molecule has 2 rings (SSSR count). The minimum Gasteiger partial charge on any atom is -0.484 e. The van der Waals surface area contributed by atoms with E-state index in [0.29, 0.717) is 0 Å². The second-order valence-electron chi connectivity index (χ2n) is 4.19. The molecule has 0 aliphatic rings. The molecule has 0 spiro atoms. The highest BCUT2D eigenvalue weighted by atomic mass is 16.5. The molecule has 1 N–H and O–H groups in total. The third-order valence-corrected chi connectivity index (χ3v) is 2.74. The number of nitrogens with zero attached hydrogens (tertiary/aromatic N) is 1. The Bertz CT molecular complexity index is 468. The van der Waals surface area contributed by atoms with Gasteiger partial charge in [-0.2, -0.15) is 0 Å². The summed E-state index contributed by atoms with van der Waals surface area (Å²) in [5.74, 6) is 0.797. The van der Waals surface area contributed by atoms with Crippen LogP contribution in [0.3, 0.4) is 0 Å². The number of rotatable bonds is 5. The summed E-state index contributed by atoms with van der Waals surface area (Å²) in [4.78, 5) is 4.33.